The fourth-order valence-corrected chi connectivity index (χ4v) is 1.01. The predicted molar refractivity (Wildman–Crippen MR) is 53.7 cm³/mol. The fraction of sp³-hybridized carbons (Fsp3) is 0.273. The molecule has 14 heavy (non-hydrogen) atoms. The van der Waals surface area contributed by atoms with Crippen molar-refractivity contribution in [3.8, 4) is 0 Å². The average molecular weight is 197 g/mol. The van der Waals surface area contributed by atoms with E-state index in [9.17, 15) is 8.78 Å². The van der Waals surface area contributed by atoms with Gasteiger partial charge in [0, 0.05) is 11.6 Å². The second-order valence-electron chi connectivity index (χ2n) is 3.32. The first-order valence-corrected chi connectivity index (χ1v) is 4.40. The Kier molecular flexibility index (Phi) is 3.36. The molecule has 1 atom stereocenters. The van der Waals surface area contributed by atoms with Gasteiger partial charge in [-0.2, -0.15) is 0 Å². The molecule has 1 rings (SSSR count). The van der Waals surface area contributed by atoms with E-state index in [0.717, 1.165) is 11.6 Å². The van der Waals surface area contributed by atoms with Crippen molar-refractivity contribution in [1.82, 2.24) is 0 Å². The molecule has 0 aliphatic carbocycles. The second kappa shape index (κ2) is 4.33. The van der Waals surface area contributed by atoms with Crippen molar-refractivity contribution in [3.05, 3.63) is 41.0 Å². The molecule has 1 aromatic carbocycles. The number of nitrogens with two attached hydrogens (primary N) is 1. The lowest BCUT2D eigenvalue weighted by molar-refractivity contribution is 0.507. The van der Waals surface area contributed by atoms with Crippen LogP contribution < -0.4 is 5.73 Å². The highest BCUT2D eigenvalue weighted by Gasteiger charge is 2.06. The minimum Gasteiger partial charge on any atom is -0.324 e. The first kappa shape index (κ1) is 10.9. The summed E-state index contributed by atoms with van der Waals surface area (Å²) < 4.78 is 26.0. The smallest absolute Gasteiger partial charge is 0.166 e. The van der Waals surface area contributed by atoms with Crippen LogP contribution in [0.4, 0.5) is 8.78 Å². The van der Waals surface area contributed by atoms with Gasteiger partial charge >= 0.3 is 0 Å². The van der Waals surface area contributed by atoms with Gasteiger partial charge in [0.15, 0.2) is 11.6 Å². The molecule has 3 heteroatoms. The highest BCUT2D eigenvalue weighted by Crippen LogP contribution is 2.15. The summed E-state index contributed by atoms with van der Waals surface area (Å²) in [5.74, 6) is -1.66. The summed E-state index contributed by atoms with van der Waals surface area (Å²) in [6.45, 7) is 3.58. The largest absolute Gasteiger partial charge is 0.324 e. The third-order valence-electron chi connectivity index (χ3n) is 2.08. The SMILES string of the molecule is C/C(=C\c1cccc(F)c1F)C(C)N. The maximum Gasteiger partial charge on any atom is 0.166 e. The molecule has 0 spiro atoms. The Bertz CT molecular complexity index is 356. The number of hydrogen-bond donors (Lipinski definition) is 1. The van der Waals surface area contributed by atoms with Crippen LogP contribution in [0.5, 0.6) is 0 Å². The molecule has 0 saturated carbocycles. The van der Waals surface area contributed by atoms with E-state index in [2.05, 4.69) is 0 Å². The molecule has 0 aromatic heterocycles. The summed E-state index contributed by atoms with van der Waals surface area (Å²) in [6.07, 6.45) is 1.56. The molecule has 1 nitrogen and oxygen atoms in total. The van der Waals surface area contributed by atoms with Crippen molar-refractivity contribution in [3.63, 3.8) is 0 Å². The number of rotatable bonds is 2. The van der Waals surface area contributed by atoms with Crippen LogP contribution in [0.2, 0.25) is 0 Å². The van der Waals surface area contributed by atoms with Crippen LogP contribution in [0.25, 0.3) is 6.08 Å². The van der Waals surface area contributed by atoms with Crippen LogP contribution in [0.1, 0.15) is 19.4 Å². The molecule has 2 N–H and O–H groups in total. The van der Waals surface area contributed by atoms with Crippen LogP contribution in [0.15, 0.2) is 23.8 Å². The van der Waals surface area contributed by atoms with E-state index in [1.165, 1.54) is 12.1 Å². The van der Waals surface area contributed by atoms with Crippen LogP contribution in [0, 0.1) is 11.6 Å². The van der Waals surface area contributed by atoms with Gasteiger partial charge in [-0.1, -0.05) is 23.8 Å². The zero-order valence-corrected chi connectivity index (χ0v) is 8.22. The van der Waals surface area contributed by atoms with Crippen molar-refractivity contribution < 1.29 is 8.78 Å². The summed E-state index contributed by atoms with van der Waals surface area (Å²) in [5, 5.41) is 0. The molecule has 0 amide bonds. The van der Waals surface area contributed by atoms with Gasteiger partial charge in [-0.3, -0.25) is 0 Å². The minimum atomic E-state index is -0.837. The van der Waals surface area contributed by atoms with Crippen molar-refractivity contribution in [2.45, 2.75) is 19.9 Å². The first-order valence-electron chi connectivity index (χ1n) is 4.40. The van der Waals surface area contributed by atoms with Crippen molar-refractivity contribution in [2.24, 2.45) is 5.73 Å². The number of halogens is 2. The zero-order chi connectivity index (χ0) is 10.7. The lowest BCUT2D eigenvalue weighted by Crippen LogP contribution is -2.15. The van der Waals surface area contributed by atoms with E-state index >= 15 is 0 Å². The van der Waals surface area contributed by atoms with Gasteiger partial charge in [-0.15, -0.1) is 0 Å². The predicted octanol–water partition coefficient (Wildman–Crippen LogP) is 2.72. The summed E-state index contributed by atoms with van der Waals surface area (Å²) in [7, 11) is 0. The van der Waals surface area contributed by atoms with E-state index < -0.39 is 11.6 Å². The number of benzene rings is 1. The van der Waals surface area contributed by atoms with Crippen molar-refractivity contribution in [1.29, 1.82) is 0 Å². The normalized spacial score (nSPS) is 14.2. The molecule has 1 aromatic rings. The van der Waals surface area contributed by atoms with Crippen molar-refractivity contribution in [2.75, 3.05) is 0 Å². The third kappa shape index (κ3) is 2.39. The Morgan fingerprint density at radius 2 is 2.07 bits per heavy atom. The lowest BCUT2D eigenvalue weighted by atomic mass is 10.1. The summed E-state index contributed by atoms with van der Waals surface area (Å²) in [6, 6.07) is 3.93. The average Bonchev–Trinajstić information content (AvgIpc) is 2.12. The van der Waals surface area contributed by atoms with E-state index in [4.69, 9.17) is 5.73 Å². The second-order valence-corrected chi connectivity index (χ2v) is 3.32. The Balaban J connectivity index is 3.09. The van der Waals surface area contributed by atoms with Gasteiger partial charge < -0.3 is 5.73 Å². The molecular weight excluding hydrogens is 184 g/mol. The molecule has 1 unspecified atom stereocenters. The maximum atomic E-state index is 13.2. The molecule has 0 heterocycles. The molecule has 0 saturated heterocycles. The van der Waals surface area contributed by atoms with E-state index in [0.29, 0.717) is 0 Å². The quantitative estimate of drug-likeness (QED) is 0.775. The minimum absolute atomic E-state index is 0.155. The van der Waals surface area contributed by atoms with Gasteiger partial charge in [0.2, 0.25) is 0 Å². The van der Waals surface area contributed by atoms with Crippen molar-refractivity contribution >= 4 is 6.08 Å². The highest BCUT2D eigenvalue weighted by atomic mass is 19.2. The molecular formula is C11H13F2N. The van der Waals surface area contributed by atoms with E-state index in [-0.39, 0.29) is 11.6 Å². The Labute approximate surface area is 82.2 Å². The molecule has 0 radical (unpaired) electrons. The van der Waals surface area contributed by atoms with Crippen LogP contribution in [-0.2, 0) is 0 Å². The number of hydrogen-bond acceptors (Lipinski definition) is 1. The van der Waals surface area contributed by atoms with Gasteiger partial charge in [-0.05, 0) is 19.9 Å². The zero-order valence-electron chi connectivity index (χ0n) is 8.22. The monoisotopic (exact) mass is 197 g/mol. The summed E-state index contributed by atoms with van der Waals surface area (Å²) in [4.78, 5) is 0. The van der Waals surface area contributed by atoms with Gasteiger partial charge in [0.1, 0.15) is 0 Å². The van der Waals surface area contributed by atoms with Crippen LogP contribution >= 0.6 is 0 Å². The molecule has 0 bridgehead atoms. The Morgan fingerprint density at radius 3 is 2.64 bits per heavy atom. The topological polar surface area (TPSA) is 26.0 Å². The van der Waals surface area contributed by atoms with E-state index in [1.54, 1.807) is 19.9 Å². The van der Waals surface area contributed by atoms with Gasteiger partial charge in [0.05, 0.1) is 0 Å². The molecule has 76 valence electrons. The third-order valence-corrected chi connectivity index (χ3v) is 2.08. The Hall–Kier alpha value is -1.22. The highest BCUT2D eigenvalue weighted by molar-refractivity contribution is 5.54. The standard InChI is InChI=1S/C11H13F2N/c1-7(8(2)14)6-9-4-3-5-10(12)11(9)13/h3-6,8H,14H2,1-2H3/b7-6+. The van der Waals surface area contributed by atoms with Crippen LogP contribution in [0.3, 0.4) is 0 Å². The summed E-state index contributed by atoms with van der Waals surface area (Å²) in [5.41, 5.74) is 6.64. The summed E-state index contributed by atoms with van der Waals surface area (Å²) >= 11 is 0. The first-order chi connectivity index (χ1) is 6.52. The van der Waals surface area contributed by atoms with Gasteiger partial charge in [-0.25, -0.2) is 8.78 Å². The van der Waals surface area contributed by atoms with E-state index in [1.807, 2.05) is 0 Å². The van der Waals surface area contributed by atoms with Crippen LogP contribution in [-0.4, -0.2) is 6.04 Å². The maximum absolute atomic E-state index is 13.2. The lowest BCUT2D eigenvalue weighted by Gasteiger charge is -2.05. The Morgan fingerprint density at radius 1 is 1.43 bits per heavy atom. The molecule has 0 aliphatic rings. The molecule has 0 aliphatic heterocycles. The fourth-order valence-electron chi connectivity index (χ4n) is 1.01. The molecule has 0 fully saturated rings. The van der Waals surface area contributed by atoms with Gasteiger partial charge in [0.25, 0.3) is 0 Å².